The normalized spacial score (nSPS) is 11.1. The Morgan fingerprint density at radius 1 is 1.24 bits per heavy atom. The van der Waals surface area contributed by atoms with Crippen molar-refractivity contribution in [3.63, 3.8) is 0 Å². The summed E-state index contributed by atoms with van der Waals surface area (Å²) in [6.45, 7) is 0.530. The highest BCUT2D eigenvalue weighted by Crippen LogP contribution is 2.23. The molecule has 21 heavy (non-hydrogen) atoms. The first-order valence-electron chi connectivity index (χ1n) is 6.53. The lowest BCUT2D eigenvalue weighted by Crippen LogP contribution is -2.02. The van der Waals surface area contributed by atoms with Crippen LogP contribution in [-0.4, -0.2) is 31.2 Å². The van der Waals surface area contributed by atoms with Crippen molar-refractivity contribution in [3.05, 3.63) is 42.4 Å². The molecule has 0 aliphatic carbocycles. The highest BCUT2D eigenvalue weighted by atomic mass is 32.2. The van der Waals surface area contributed by atoms with Gasteiger partial charge in [0.1, 0.15) is 5.52 Å². The number of para-hydroxylation sites is 1. The number of thioether (sulfide) groups is 1. The quantitative estimate of drug-likeness (QED) is 0.423. The predicted molar refractivity (Wildman–Crippen MR) is 82.8 cm³/mol. The number of aliphatic hydroxyl groups is 1. The van der Waals surface area contributed by atoms with Gasteiger partial charge < -0.3 is 15.4 Å². The van der Waals surface area contributed by atoms with Crippen molar-refractivity contribution < 1.29 is 5.11 Å². The van der Waals surface area contributed by atoms with Crippen LogP contribution < -0.4 is 5.73 Å². The lowest BCUT2D eigenvalue weighted by molar-refractivity contribution is 0.277. The number of benzene rings is 1. The average Bonchev–Trinajstić information content (AvgIpc) is 2.89. The zero-order valence-corrected chi connectivity index (χ0v) is 12.1. The van der Waals surface area contributed by atoms with Gasteiger partial charge in [-0.25, -0.2) is 15.0 Å². The van der Waals surface area contributed by atoms with Crippen molar-refractivity contribution in [2.45, 2.75) is 17.5 Å². The summed E-state index contributed by atoms with van der Waals surface area (Å²) in [6.07, 6.45) is 3.37. The minimum atomic E-state index is 0.0541. The summed E-state index contributed by atoms with van der Waals surface area (Å²) in [5, 5.41) is 9.71. The van der Waals surface area contributed by atoms with Crippen molar-refractivity contribution in [2.24, 2.45) is 0 Å². The van der Waals surface area contributed by atoms with E-state index in [1.54, 1.807) is 12.5 Å². The van der Waals surface area contributed by atoms with E-state index in [2.05, 4.69) is 15.0 Å². The standard InChI is InChI=1S/C14H15N5OS/c15-11-4-2-1-3-10(11)8-21-14-16-7-12-13(18-14)19(5-6-20)9-17-12/h1-4,7,9,20H,5-6,8,15H2. The van der Waals surface area contributed by atoms with E-state index in [4.69, 9.17) is 10.8 Å². The number of hydrogen-bond acceptors (Lipinski definition) is 6. The number of nitrogens with zero attached hydrogens (tertiary/aromatic N) is 4. The summed E-state index contributed by atoms with van der Waals surface area (Å²) in [7, 11) is 0. The molecular weight excluding hydrogens is 286 g/mol. The Kier molecular flexibility index (Phi) is 4.03. The van der Waals surface area contributed by atoms with E-state index >= 15 is 0 Å². The van der Waals surface area contributed by atoms with Crippen LogP contribution in [0.4, 0.5) is 5.69 Å². The molecule has 1 aromatic carbocycles. The molecule has 0 fully saturated rings. The van der Waals surface area contributed by atoms with Gasteiger partial charge in [-0.05, 0) is 11.6 Å². The molecule has 0 bridgehead atoms. The second-order valence-corrected chi connectivity index (χ2v) is 5.45. The second kappa shape index (κ2) is 6.11. The lowest BCUT2D eigenvalue weighted by atomic mass is 10.2. The molecule has 0 aliphatic heterocycles. The van der Waals surface area contributed by atoms with Crippen LogP contribution in [0.5, 0.6) is 0 Å². The highest BCUT2D eigenvalue weighted by molar-refractivity contribution is 7.98. The van der Waals surface area contributed by atoms with E-state index in [-0.39, 0.29) is 6.61 Å². The zero-order valence-electron chi connectivity index (χ0n) is 11.3. The van der Waals surface area contributed by atoms with Crippen LogP contribution in [0.3, 0.4) is 0 Å². The van der Waals surface area contributed by atoms with Crippen molar-refractivity contribution in [3.8, 4) is 0 Å². The molecule has 7 heteroatoms. The molecule has 0 amide bonds. The third-order valence-corrected chi connectivity index (χ3v) is 4.00. The fourth-order valence-corrected chi connectivity index (χ4v) is 2.81. The van der Waals surface area contributed by atoms with Gasteiger partial charge >= 0.3 is 0 Å². The van der Waals surface area contributed by atoms with Gasteiger partial charge in [0.2, 0.25) is 0 Å². The van der Waals surface area contributed by atoms with Crippen LogP contribution in [0.2, 0.25) is 0 Å². The van der Waals surface area contributed by atoms with E-state index in [1.165, 1.54) is 11.8 Å². The molecule has 3 rings (SSSR count). The van der Waals surface area contributed by atoms with Crippen molar-refractivity contribution >= 4 is 28.6 Å². The monoisotopic (exact) mass is 301 g/mol. The topological polar surface area (TPSA) is 89.8 Å². The predicted octanol–water partition coefficient (Wildman–Crippen LogP) is 1.69. The number of nitrogen functional groups attached to an aromatic ring is 1. The first-order valence-corrected chi connectivity index (χ1v) is 7.51. The summed E-state index contributed by atoms with van der Waals surface area (Å²) in [5.74, 6) is 0.715. The number of anilines is 1. The first kappa shape index (κ1) is 13.8. The van der Waals surface area contributed by atoms with Gasteiger partial charge in [0.25, 0.3) is 0 Å². The van der Waals surface area contributed by atoms with Crippen LogP contribution in [0.1, 0.15) is 5.56 Å². The summed E-state index contributed by atoms with van der Waals surface area (Å²) >= 11 is 1.53. The third kappa shape index (κ3) is 2.98. The van der Waals surface area contributed by atoms with Crippen LogP contribution in [0.25, 0.3) is 11.2 Å². The summed E-state index contributed by atoms with van der Waals surface area (Å²) < 4.78 is 1.82. The van der Waals surface area contributed by atoms with E-state index in [0.717, 1.165) is 22.4 Å². The maximum absolute atomic E-state index is 9.04. The SMILES string of the molecule is Nc1ccccc1CSc1ncc2ncn(CCO)c2n1. The molecule has 3 N–H and O–H groups in total. The molecule has 0 unspecified atom stereocenters. The van der Waals surface area contributed by atoms with Gasteiger partial charge in [-0.15, -0.1) is 0 Å². The number of imidazole rings is 1. The van der Waals surface area contributed by atoms with Crippen LogP contribution in [0.15, 0.2) is 41.9 Å². The van der Waals surface area contributed by atoms with Crippen molar-refractivity contribution in [2.75, 3.05) is 12.3 Å². The number of hydrogen-bond donors (Lipinski definition) is 2. The Balaban J connectivity index is 1.81. The van der Waals surface area contributed by atoms with Gasteiger partial charge in [0.05, 0.1) is 19.1 Å². The number of aromatic nitrogens is 4. The molecule has 0 saturated carbocycles. The Morgan fingerprint density at radius 2 is 2.10 bits per heavy atom. The summed E-state index contributed by atoms with van der Waals surface area (Å²) in [6, 6.07) is 7.76. The van der Waals surface area contributed by atoms with Crippen LogP contribution in [-0.2, 0) is 12.3 Å². The van der Waals surface area contributed by atoms with Crippen molar-refractivity contribution in [1.29, 1.82) is 0 Å². The molecule has 0 radical (unpaired) electrons. The molecule has 0 spiro atoms. The van der Waals surface area contributed by atoms with Gasteiger partial charge in [-0.2, -0.15) is 0 Å². The first-order chi connectivity index (χ1) is 10.3. The fourth-order valence-electron chi connectivity index (χ4n) is 1.99. The van der Waals surface area contributed by atoms with E-state index in [0.29, 0.717) is 17.5 Å². The van der Waals surface area contributed by atoms with E-state index in [1.807, 2.05) is 28.8 Å². The Labute approximate surface area is 126 Å². The minimum absolute atomic E-state index is 0.0541. The molecule has 0 aliphatic rings. The molecule has 3 aromatic rings. The number of fused-ring (bicyclic) bond motifs is 1. The minimum Gasteiger partial charge on any atom is -0.398 e. The Hall–Kier alpha value is -2.12. The number of nitrogens with two attached hydrogens (primary N) is 1. The number of rotatable bonds is 5. The Bertz CT molecular complexity index is 758. The third-order valence-electron chi connectivity index (χ3n) is 3.09. The van der Waals surface area contributed by atoms with Gasteiger partial charge in [-0.1, -0.05) is 30.0 Å². The highest BCUT2D eigenvalue weighted by Gasteiger charge is 2.07. The maximum atomic E-state index is 9.04. The molecule has 6 nitrogen and oxygen atoms in total. The Morgan fingerprint density at radius 3 is 2.90 bits per heavy atom. The molecular formula is C14H15N5OS. The van der Waals surface area contributed by atoms with Crippen LogP contribution >= 0.6 is 11.8 Å². The lowest BCUT2D eigenvalue weighted by Gasteiger charge is -2.05. The van der Waals surface area contributed by atoms with E-state index in [9.17, 15) is 0 Å². The van der Waals surface area contributed by atoms with E-state index < -0.39 is 0 Å². The molecule has 0 saturated heterocycles. The van der Waals surface area contributed by atoms with Gasteiger partial charge in [0.15, 0.2) is 10.8 Å². The molecule has 2 heterocycles. The molecule has 2 aromatic heterocycles. The van der Waals surface area contributed by atoms with Crippen LogP contribution in [0, 0.1) is 0 Å². The molecule has 0 atom stereocenters. The summed E-state index contributed by atoms with van der Waals surface area (Å²) in [5.41, 5.74) is 9.23. The smallest absolute Gasteiger partial charge is 0.189 e. The molecule has 108 valence electrons. The fraction of sp³-hybridized carbons (Fsp3) is 0.214. The van der Waals surface area contributed by atoms with Gasteiger partial charge in [0, 0.05) is 18.0 Å². The average molecular weight is 301 g/mol. The maximum Gasteiger partial charge on any atom is 0.189 e. The number of aliphatic hydroxyl groups excluding tert-OH is 1. The summed E-state index contributed by atoms with van der Waals surface area (Å²) in [4.78, 5) is 13.0. The van der Waals surface area contributed by atoms with Gasteiger partial charge in [-0.3, -0.25) is 0 Å². The van der Waals surface area contributed by atoms with Crippen molar-refractivity contribution in [1.82, 2.24) is 19.5 Å². The second-order valence-electron chi connectivity index (χ2n) is 4.51. The zero-order chi connectivity index (χ0) is 14.7. The largest absolute Gasteiger partial charge is 0.398 e.